The number of anilines is 1. The number of carbonyl (C=O) groups is 1. The Morgan fingerprint density at radius 2 is 2.30 bits per heavy atom. The predicted octanol–water partition coefficient (Wildman–Crippen LogP) is 1.82. The van der Waals surface area contributed by atoms with Gasteiger partial charge in [-0.1, -0.05) is 13.8 Å². The van der Waals surface area contributed by atoms with Gasteiger partial charge in [0, 0.05) is 19.7 Å². The highest BCUT2D eigenvalue weighted by molar-refractivity contribution is 5.84. The SMILES string of the molecule is CC(C)CCOC1CCN(c2cnc(C(=O)O)cn2)C1. The molecule has 2 rings (SSSR count). The first kappa shape index (κ1) is 14.7. The molecule has 110 valence electrons. The lowest BCUT2D eigenvalue weighted by Gasteiger charge is -2.17. The molecule has 20 heavy (non-hydrogen) atoms. The Morgan fingerprint density at radius 3 is 2.90 bits per heavy atom. The van der Waals surface area contributed by atoms with Crippen molar-refractivity contribution in [3.05, 3.63) is 18.1 Å². The number of hydrogen-bond donors (Lipinski definition) is 1. The summed E-state index contributed by atoms with van der Waals surface area (Å²) in [5.74, 6) is 0.312. The molecule has 0 amide bonds. The number of carboxylic acids is 1. The van der Waals surface area contributed by atoms with Crippen LogP contribution in [-0.2, 0) is 4.74 Å². The van der Waals surface area contributed by atoms with Crippen LogP contribution < -0.4 is 4.90 Å². The van der Waals surface area contributed by atoms with Crippen molar-refractivity contribution in [1.29, 1.82) is 0 Å². The lowest BCUT2D eigenvalue weighted by Crippen LogP contribution is -2.24. The number of nitrogens with zero attached hydrogens (tertiary/aromatic N) is 3. The first-order valence-corrected chi connectivity index (χ1v) is 6.98. The third-order valence-electron chi connectivity index (χ3n) is 3.38. The molecule has 1 atom stereocenters. The van der Waals surface area contributed by atoms with Crippen molar-refractivity contribution in [3.8, 4) is 0 Å². The zero-order chi connectivity index (χ0) is 14.5. The highest BCUT2D eigenvalue weighted by Gasteiger charge is 2.24. The smallest absolute Gasteiger partial charge is 0.356 e. The molecular formula is C14H21N3O3. The molecule has 1 aliphatic heterocycles. The molecule has 2 heterocycles. The summed E-state index contributed by atoms with van der Waals surface area (Å²) in [7, 11) is 0. The van der Waals surface area contributed by atoms with E-state index in [1.54, 1.807) is 0 Å². The van der Waals surface area contributed by atoms with Crippen molar-refractivity contribution in [2.45, 2.75) is 32.8 Å². The van der Waals surface area contributed by atoms with Gasteiger partial charge in [-0.05, 0) is 18.8 Å². The van der Waals surface area contributed by atoms with E-state index < -0.39 is 5.97 Å². The molecule has 0 aromatic carbocycles. The highest BCUT2D eigenvalue weighted by atomic mass is 16.5. The van der Waals surface area contributed by atoms with Crippen LogP contribution in [0.4, 0.5) is 5.82 Å². The Balaban J connectivity index is 1.84. The minimum Gasteiger partial charge on any atom is -0.476 e. The van der Waals surface area contributed by atoms with E-state index in [4.69, 9.17) is 9.84 Å². The maximum atomic E-state index is 10.7. The van der Waals surface area contributed by atoms with E-state index in [1.807, 2.05) is 0 Å². The lowest BCUT2D eigenvalue weighted by molar-refractivity contribution is 0.0608. The zero-order valence-corrected chi connectivity index (χ0v) is 12.0. The molecule has 1 aromatic heterocycles. The fraction of sp³-hybridized carbons (Fsp3) is 0.643. The van der Waals surface area contributed by atoms with E-state index in [-0.39, 0.29) is 11.8 Å². The summed E-state index contributed by atoms with van der Waals surface area (Å²) in [6.45, 7) is 6.82. The monoisotopic (exact) mass is 279 g/mol. The Hall–Kier alpha value is -1.69. The second-order valence-electron chi connectivity index (χ2n) is 5.48. The van der Waals surface area contributed by atoms with Gasteiger partial charge in [0.15, 0.2) is 5.69 Å². The summed E-state index contributed by atoms with van der Waals surface area (Å²) < 4.78 is 5.84. The van der Waals surface area contributed by atoms with Crippen LogP contribution in [0.3, 0.4) is 0 Å². The maximum absolute atomic E-state index is 10.7. The quantitative estimate of drug-likeness (QED) is 0.856. The second-order valence-corrected chi connectivity index (χ2v) is 5.48. The molecule has 1 N–H and O–H groups in total. The van der Waals surface area contributed by atoms with Crippen LogP contribution in [0, 0.1) is 5.92 Å². The number of aromatic carboxylic acids is 1. The Kier molecular flexibility index (Phi) is 4.89. The van der Waals surface area contributed by atoms with Gasteiger partial charge in [-0.25, -0.2) is 14.8 Å². The summed E-state index contributed by atoms with van der Waals surface area (Å²) in [6, 6.07) is 0. The maximum Gasteiger partial charge on any atom is 0.356 e. The topological polar surface area (TPSA) is 75.5 Å². The number of carboxylic acid groups (broad SMARTS) is 1. The van der Waals surface area contributed by atoms with Gasteiger partial charge in [-0.15, -0.1) is 0 Å². The van der Waals surface area contributed by atoms with Gasteiger partial charge in [-0.2, -0.15) is 0 Å². The molecule has 1 aromatic rings. The van der Waals surface area contributed by atoms with Crippen molar-refractivity contribution >= 4 is 11.8 Å². The third kappa shape index (κ3) is 3.90. The lowest BCUT2D eigenvalue weighted by atomic mass is 10.1. The predicted molar refractivity (Wildman–Crippen MR) is 75.0 cm³/mol. The fourth-order valence-corrected chi connectivity index (χ4v) is 2.14. The average molecular weight is 279 g/mol. The minimum absolute atomic E-state index is 0.0299. The van der Waals surface area contributed by atoms with E-state index in [0.29, 0.717) is 11.7 Å². The molecule has 1 unspecified atom stereocenters. The van der Waals surface area contributed by atoms with Gasteiger partial charge >= 0.3 is 5.97 Å². The van der Waals surface area contributed by atoms with Crippen molar-refractivity contribution < 1.29 is 14.6 Å². The Labute approximate surface area is 118 Å². The van der Waals surface area contributed by atoms with Gasteiger partial charge in [0.25, 0.3) is 0 Å². The molecular weight excluding hydrogens is 258 g/mol. The van der Waals surface area contributed by atoms with Gasteiger partial charge in [0.1, 0.15) is 5.82 Å². The normalized spacial score (nSPS) is 18.8. The van der Waals surface area contributed by atoms with Crippen LogP contribution in [-0.4, -0.2) is 46.8 Å². The van der Waals surface area contributed by atoms with Gasteiger partial charge < -0.3 is 14.7 Å². The van der Waals surface area contributed by atoms with E-state index in [1.165, 1.54) is 12.4 Å². The first-order valence-electron chi connectivity index (χ1n) is 6.98. The zero-order valence-electron chi connectivity index (χ0n) is 12.0. The minimum atomic E-state index is -1.06. The summed E-state index contributed by atoms with van der Waals surface area (Å²) in [5.41, 5.74) is -0.0299. The van der Waals surface area contributed by atoms with E-state index >= 15 is 0 Å². The molecule has 1 saturated heterocycles. The average Bonchev–Trinajstić information content (AvgIpc) is 2.87. The van der Waals surface area contributed by atoms with Crippen LogP contribution in [0.1, 0.15) is 37.2 Å². The van der Waals surface area contributed by atoms with Gasteiger partial charge in [0.2, 0.25) is 0 Å². The molecule has 1 aliphatic rings. The van der Waals surface area contributed by atoms with Crippen molar-refractivity contribution in [2.75, 3.05) is 24.6 Å². The van der Waals surface area contributed by atoms with Crippen molar-refractivity contribution in [3.63, 3.8) is 0 Å². The largest absolute Gasteiger partial charge is 0.476 e. The summed E-state index contributed by atoms with van der Waals surface area (Å²) in [4.78, 5) is 20.8. The molecule has 1 fully saturated rings. The molecule has 0 bridgehead atoms. The fourth-order valence-electron chi connectivity index (χ4n) is 2.14. The third-order valence-corrected chi connectivity index (χ3v) is 3.38. The second kappa shape index (κ2) is 6.65. The van der Waals surface area contributed by atoms with Crippen molar-refractivity contribution in [2.24, 2.45) is 5.92 Å². The van der Waals surface area contributed by atoms with Crippen LogP contribution >= 0.6 is 0 Å². The Morgan fingerprint density at radius 1 is 1.50 bits per heavy atom. The molecule has 6 heteroatoms. The summed E-state index contributed by atoms with van der Waals surface area (Å²) in [6.07, 6.45) is 5.09. The van der Waals surface area contributed by atoms with Crippen LogP contribution in [0.25, 0.3) is 0 Å². The highest BCUT2D eigenvalue weighted by Crippen LogP contribution is 2.19. The standard InChI is InChI=1S/C14H21N3O3/c1-10(2)4-6-20-11-3-5-17(9-11)13-8-15-12(7-16-13)14(18)19/h7-8,10-11H,3-6,9H2,1-2H3,(H,18,19). The molecule has 0 saturated carbocycles. The molecule has 6 nitrogen and oxygen atoms in total. The summed E-state index contributed by atoms with van der Waals surface area (Å²) in [5, 5.41) is 8.79. The number of rotatable bonds is 6. The van der Waals surface area contributed by atoms with Crippen molar-refractivity contribution in [1.82, 2.24) is 9.97 Å². The molecule has 0 radical (unpaired) electrons. The summed E-state index contributed by atoms with van der Waals surface area (Å²) >= 11 is 0. The number of ether oxygens (including phenoxy) is 1. The Bertz CT molecular complexity index is 447. The van der Waals surface area contributed by atoms with Crippen LogP contribution in [0.2, 0.25) is 0 Å². The number of hydrogen-bond acceptors (Lipinski definition) is 5. The molecule has 0 aliphatic carbocycles. The van der Waals surface area contributed by atoms with Crippen LogP contribution in [0.5, 0.6) is 0 Å². The van der Waals surface area contributed by atoms with Gasteiger partial charge in [0.05, 0.1) is 18.5 Å². The van der Waals surface area contributed by atoms with Crippen LogP contribution in [0.15, 0.2) is 12.4 Å². The van der Waals surface area contributed by atoms with E-state index in [9.17, 15) is 4.79 Å². The molecule has 0 spiro atoms. The van der Waals surface area contributed by atoms with Gasteiger partial charge in [-0.3, -0.25) is 0 Å². The number of aromatic nitrogens is 2. The van der Waals surface area contributed by atoms with E-state index in [2.05, 4.69) is 28.7 Å². The first-order chi connectivity index (χ1) is 9.56. The van der Waals surface area contributed by atoms with E-state index in [0.717, 1.165) is 32.5 Å².